The van der Waals surface area contributed by atoms with Gasteiger partial charge in [-0.05, 0) is 92.6 Å². The molecule has 4 aliphatic carbocycles. The molecule has 0 radical (unpaired) electrons. The maximum Gasteiger partial charge on any atom is 0.308 e. The second-order valence-electron chi connectivity index (χ2n) is 14.8. The van der Waals surface area contributed by atoms with Crippen molar-refractivity contribution in [1.82, 2.24) is 0 Å². The Hall–Kier alpha value is -2.32. The van der Waals surface area contributed by atoms with E-state index in [4.69, 9.17) is 15.2 Å². The number of esters is 1. The molecular formula is C35H51NO6S. The van der Waals surface area contributed by atoms with Gasteiger partial charge in [0.2, 0.25) is 5.91 Å². The summed E-state index contributed by atoms with van der Waals surface area (Å²) in [6, 6.07) is 0. The second kappa shape index (κ2) is 11.6. The molecule has 2 unspecified atom stereocenters. The van der Waals surface area contributed by atoms with Crippen molar-refractivity contribution in [3.8, 4) is 0 Å². The van der Waals surface area contributed by atoms with E-state index in [9.17, 15) is 19.5 Å². The van der Waals surface area contributed by atoms with Crippen LogP contribution in [-0.2, 0) is 23.9 Å². The minimum atomic E-state index is -1.13. The summed E-state index contributed by atoms with van der Waals surface area (Å²) in [5, 5.41) is 9.83. The molecule has 0 aromatic heterocycles. The summed E-state index contributed by atoms with van der Waals surface area (Å²) < 4.78 is 11.5. The van der Waals surface area contributed by atoms with Gasteiger partial charge < -0.3 is 20.3 Å². The molecule has 8 heteroatoms. The van der Waals surface area contributed by atoms with Crippen LogP contribution in [0.1, 0.15) is 107 Å². The van der Waals surface area contributed by atoms with E-state index in [0.717, 1.165) is 44.9 Å². The van der Waals surface area contributed by atoms with Gasteiger partial charge in [-0.25, -0.2) is 0 Å². The molecule has 4 rings (SSSR count). The van der Waals surface area contributed by atoms with Gasteiger partial charge in [0.05, 0.1) is 0 Å². The minimum absolute atomic E-state index is 0.00756. The quantitative estimate of drug-likeness (QED) is 0.193. The van der Waals surface area contributed by atoms with Gasteiger partial charge in [0.25, 0.3) is 0 Å². The molecule has 3 fully saturated rings. The number of aliphatic hydroxyl groups is 1. The van der Waals surface area contributed by atoms with Gasteiger partial charge in [0.1, 0.15) is 0 Å². The molecule has 7 nitrogen and oxygen atoms in total. The SMILES string of the molecule is CC(=O)OC1=C(OC(C)O)/C(C)=C/C(SC(C)=O)/C=C2\[C@](C)(C=C1)CC[C@@]1(C)[C@@H]3C[C@](C)(C(N)=O)CC[C@]3(C)CC[C@]21C. The van der Waals surface area contributed by atoms with Crippen LogP contribution in [0.25, 0.3) is 0 Å². The lowest BCUT2D eigenvalue weighted by Crippen LogP contribution is -2.62. The van der Waals surface area contributed by atoms with Crippen molar-refractivity contribution in [2.24, 2.45) is 38.7 Å². The first-order chi connectivity index (χ1) is 19.8. The number of allylic oxidation sites excluding steroid dienone is 4. The second-order valence-corrected chi connectivity index (χ2v) is 16.2. The number of hydrogen-bond donors (Lipinski definition) is 2. The zero-order chi connectivity index (χ0) is 32.2. The lowest BCUT2D eigenvalue weighted by Gasteiger charge is -2.69. The number of fused-ring (bicyclic) bond motifs is 5. The molecule has 1 amide bonds. The summed E-state index contributed by atoms with van der Waals surface area (Å²) in [5.41, 5.74) is 6.84. The highest BCUT2D eigenvalue weighted by molar-refractivity contribution is 8.14. The molecule has 0 bridgehead atoms. The predicted octanol–water partition coefficient (Wildman–Crippen LogP) is 7.11. The Balaban J connectivity index is 1.93. The van der Waals surface area contributed by atoms with Gasteiger partial charge in [-0.1, -0.05) is 70.2 Å². The summed E-state index contributed by atoms with van der Waals surface area (Å²) in [6.07, 6.45) is 13.5. The van der Waals surface area contributed by atoms with Crippen molar-refractivity contribution >= 4 is 28.8 Å². The number of hydrogen-bond acceptors (Lipinski definition) is 7. The number of nitrogens with two attached hydrogens (primary N) is 1. The summed E-state index contributed by atoms with van der Waals surface area (Å²) in [4.78, 5) is 37.5. The van der Waals surface area contributed by atoms with Crippen LogP contribution in [0.15, 0.2) is 47.0 Å². The lowest BCUT2D eigenvalue weighted by molar-refractivity contribution is -0.167. The molecule has 0 aliphatic heterocycles. The van der Waals surface area contributed by atoms with Crippen molar-refractivity contribution in [1.29, 1.82) is 0 Å². The van der Waals surface area contributed by atoms with E-state index in [1.807, 2.05) is 26.0 Å². The molecule has 0 aromatic carbocycles. The van der Waals surface area contributed by atoms with Crippen LogP contribution >= 0.6 is 11.8 Å². The third-order valence-electron chi connectivity index (χ3n) is 11.7. The highest BCUT2D eigenvalue weighted by atomic mass is 32.2. The number of aliphatic hydroxyl groups excluding tert-OH is 1. The molecule has 43 heavy (non-hydrogen) atoms. The van der Waals surface area contributed by atoms with Gasteiger partial charge in [0.15, 0.2) is 22.9 Å². The van der Waals surface area contributed by atoms with E-state index >= 15 is 0 Å². The number of carbonyl (C=O) groups is 3. The lowest BCUT2D eigenvalue weighted by atomic mass is 9.35. The third kappa shape index (κ3) is 6.03. The molecule has 0 aromatic rings. The van der Waals surface area contributed by atoms with Crippen molar-refractivity contribution in [3.63, 3.8) is 0 Å². The fourth-order valence-electron chi connectivity index (χ4n) is 8.86. The smallest absolute Gasteiger partial charge is 0.308 e. The van der Waals surface area contributed by atoms with E-state index in [0.29, 0.717) is 11.5 Å². The third-order valence-corrected chi connectivity index (χ3v) is 12.6. The van der Waals surface area contributed by atoms with E-state index in [-0.39, 0.29) is 44.0 Å². The van der Waals surface area contributed by atoms with Gasteiger partial charge in [-0.15, -0.1) is 0 Å². The Bertz CT molecular complexity index is 1310. The fourth-order valence-corrected chi connectivity index (χ4v) is 9.72. The first-order valence-electron chi connectivity index (χ1n) is 15.6. The molecular weight excluding hydrogens is 562 g/mol. The molecule has 0 spiro atoms. The minimum Gasteiger partial charge on any atom is -0.461 e. The van der Waals surface area contributed by atoms with E-state index in [1.165, 1.54) is 31.2 Å². The highest BCUT2D eigenvalue weighted by Crippen LogP contribution is 2.74. The molecule has 0 saturated heterocycles. The topological polar surface area (TPSA) is 116 Å². The Morgan fingerprint density at radius 1 is 1.00 bits per heavy atom. The standard InChI is InChI=1S/C35H51NO6S/c1-21-18-25(43-24(4)39)19-27-31(5,11-10-26(41-22(2)37)29(21)42-23(3)38)14-17-35(9)28-20-33(7,30(36)40)13-12-32(28,6)15-16-34(27,35)8/h10-11,18-19,23,25,28,38H,12-17,20H2,1-9H3,(H2,36,40)/b11-10?,21-18+,27-19+,29-26?/t23?,25?,28-,31-,32-,33-,34-,35+/m1/s1. The first-order valence-corrected chi connectivity index (χ1v) is 16.5. The molecule has 238 valence electrons. The van der Waals surface area contributed by atoms with E-state index < -0.39 is 23.1 Å². The zero-order valence-electron chi connectivity index (χ0n) is 27.5. The normalized spacial score (nSPS) is 42.6. The van der Waals surface area contributed by atoms with Crippen molar-refractivity contribution in [2.45, 2.75) is 119 Å². The van der Waals surface area contributed by atoms with Gasteiger partial charge in [-0.2, -0.15) is 0 Å². The van der Waals surface area contributed by atoms with Crippen LogP contribution in [0.5, 0.6) is 0 Å². The summed E-state index contributed by atoms with van der Waals surface area (Å²) >= 11 is 1.25. The molecule has 4 aliphatic rings. The van der Waals surface area contributed by atoms with Crippen LogP contribution < -0.4 is 5.73 Å². The van der Waals surface area contributed by atoms with Crippen LogP contribution in [-0.4, -0.2) is 33.6 Å². The predicted molar refractivity (Wildman–Crippen MR) is 170 cm³/mol. The Labute approximate surface area is 261 Å². The number of carbonyl (C=O) groups excluding carboxylic acids is 3. The monoisotopic (exact) mass is 613 g/mol. The number of ether oxygens (including phenoxy) is 2. The zero-order valence-corrected chi connectivity index (χ0v) is 28.3. The number of amides is 1. The first kappa shape index (κ1) is 33.6. The van der Waals surface area contributed by atoms with E-state index in [1.54, 1.807) is 6.92 Å². The van der Waals surface area contributed by atoms with Crippen LogP contribution in [0, 0.1) is 33.0 Å². The Kier molecular flexibility index (Phi) is 9.02. The average molecular weight is 614 g/mol. The highest BCUT2D eigenvalue weighted by Gasteiger charge is 2.66. The number of thioether (sulfide) groups is 1. The Morgan fingerprint density at radius 3 is 2.23 bits per heavy atom. The average Bonchev–Trinajstić information content (AvgIpc) is 2.89. The largest absolute Gasteiger partial charge is 0.461 e. The van der Waals surface area contributed by atoms with Crippen molar-refractivity contribution < 1.29 is 29.0 Å². The van der Waals surface area contributed by atoms with Crippen molar-refractivity contribution in [3.05, 3.63) is 47.0 Å². The fraction of sp³-hybridized carbons (Fsp3) is 0.686. The molecule has 8 atom stereocenters. The van der Waals surface area contributed by atoms with Crippen molar-refractivity contribution in [2.75, 3.05) is 0 Å². The summed E-state index contributed by atoms with van der Waals surface area (Å²) in [7, 11) is 0. The van der Waals surface area contributed by atoms with Crippen LogP contribution in [0.3, 0.4) is 0 Å². The summed E-state index contributed by atoms with van der Waals surface area (Å²) in [6.45, 7) is 17.8. The maximum absolute atomic E-state index is 12.7. The maximum atomic E-state index is 12.7. The Morgan fingerprint density at radius 2 is 1.65 bits per heavy atom. The van der Waals surface area contributed by atoms with E-state index in [2.05, 4.69) is 39.8 Å². The van der Waals surface area contributed by atoms with Crippen LogP contribution in [0.2, 0.25) is 0 Å². The molecule has 3 N–H and O–H groups in total. The molecule has 0 heterocycles. The summed E-state index contributed by atoms with van der Waals surface area (Å²) in [5.74, 6) is 0.120. The van der Waals surface area contributed by atoms with Crippen LogP contribution in [0.4, 0.5) is 0 Å². The number of primary amides is 1. The molecule has 3 saturated carbocycles. The van der Waals surface area contributed by atoms with Gasteiger partial charge in [0, 0.05) is 29.9 Å². The number of rotatable bonds is 5. The van der Waals surface area contributed by atoms with Gasteiger partial charge >= 0.3 is 5.97 Å². The van der Waals surface area contributed by atoms with Gasteiger partial charge in [-0.3, -0.25) is 14.4 Å².